The van der Waals surface area contributed by atoms with Crippen molar-refractivity contribution in [3.05, 3.63) is 71.8 Å². The first-order valence-corrected chi connectivity index (χ1v) is 13.2. The smallest absolute Gasteiger partial charge is 0.326 e. The first kappa shape index (κ1) is 31.3. The predicted molar refractivity (Wildman–Crippen MR) is 148 cm³/mol. The van der Waals surface area contributed by atoms with Crippen LogP contribution in [0.2, 0.25) is 0 Å². The zero-order valence-electron chi connectivity index (χ0n) is 22.7. The Morgan fingerprint density at radius 3 is 1.77 bits per heavy atom. The summed E-state index contributed by atoms with van der Waals surface area (Å²) >= 11 is 0. The number of amides is 4. The Balaban J connectivity index is 2.02. The molecule has 4 amide bonds. The van der Waals surface area contributed by atoms with E-state index in [4.69, 9.17) is 0 Å². The summed E-state index contributed by atoms with van der Waals surface area (Å²) in [7, 11) is 0. The number of urea groups is 1. The number of carboxylic acid groups (broad SMARTS) is 1. The Labute approximate surface area is 229 Å². The molecule has 0 bridgehead atoms. The van der Waals surface area contributed by atoms with Crippen molar-refractivity contribution in [2.75, 3.05) is 6.61 Å². The molecular formula is C29H40N4O6. The van der Waals surface area contributed by atoms with Crippen molar-refractivity contribution >= 4 is 23.8 Å². The van der Waals surface area contributed by atoms with E-state index in [1.165, 1.54) is 0 Å². The molecule has 0 aliphatic rings. The Morgan fingerprint density at radius 2 is 1.28 bits per heavy atom. The average Bonchev–Trinajstić information content (AvgIpc) is 2.91. The quantitative estimate of drug-likeness (QED) is 0.203. The molecule has 0 aliphatic carbocycles. The van der Waals surface area contributed by atoms with Gasteiger partial charge in [-0.15, -0.1) is 0 Å². The lowest BCUT2D eigenvalue weighted by Crippen LogP contribution is -2.58. The summed E-state index contributed by atoms with van der Waals surface area (Å²) in [5.74, 6) is -2.47. The molecule has 10 nitrogen and oxygen atoms in total. The fraction of sp³-hybridized carbons (Fsp3) is 0.448. The third-order valence-electron chi connectivity index (χ3n) is 6.22. The first-order chi connectivity index (χ1) is 18.6. The Kier molecular flexibility index (Phi) is 12.9. The van der Waals surface area contributed by atoms with E-state index >= 15 is 0 Å². The molecule has 0 heterocycles. The molecule has 0 radical (unpaired) electrons. The monoisotopic (exact) mass is 540 g/mol. The minimum Gasteiger partial charge on any atom is -0.480 e. The minimum absolute atomic E-state index is 0.0822. The summed E-state index contributed by atoms with van der Waals surface area (Å²) in [5, 5.41) is 29.9. The number of hydrogen-bond acceptors (Lipinski definition) is 5. The molecule has 6 N–H and O–H groups in total. The topological polar surface area (TPSA) is 157 Å². The second-order valence-electron chi connectivity index (χ2n) is 9.85. The molecule has 2 aromatic rings. The number of rotatable bonds is 15. The highest BCUT2D eigenvalue weighted by atomic mass is 16.4. The van der Waals surface area contributed by atoms with E-state index in [-0.39, 0.29) is 25.4 Å². The van der Waals surface area contributed by atoms with Gasteiger partial charge in [0.1, 0.15) is 18.1 Å². The summed E-state index contributed by atoms with van der Waals surface area (Å²) in [6, 6.07) is 13.9. The summed E-state index contributed by atoms with van der Waals surface area (Å²) in [4.78, 5) is 50.6. The summed E-state index contributed by atoms with van der Waals surface area (Å²) in [6.45, 7) is 5.14. The van der Waals surface area contributed by atoms with Gasteiger partial charge < -0.3 is 31.5 Å². The Hall–Kier alpha value is -3.92. The van der Waals surface area contributed by atoms with Gasteiger partial charge in [-0.1, -0.05) is 87.9 Å². The number of carboxylic acids is 1. The van der Waals surface area contributed by atoms with E-state index in [9.17, 15) is 29.4 Å². The van der Waals surface area contributed by atoms with Gasteiger partial charge in [0.25, 0.3) is 0 Å². The zero-order chi connectivity index (χ0) is 28.8. The zero-order valence-corrected chi connectivity index (χ0v) is 22.7. The lowest BCUT2D eigenvalue weighted by molar-refractivity contribution is -0.139. The second kappa shape index (κ2) is 16.1. The fourth-order valence-corrected chi connectivity index (χ4v) is 4.11. The van der Waals surface area contributed by atoms with E-state index in [0.29, 0.717) is 12.8 Å². The molecule has 2 rings (SSSR count). The third kappa shape index (κ3) is 10.8. The maximum Gasteiger partial charge on any atom is 0.326 e. The van der Waals surface area contributed by atoms with Gasteiger partial charge >= 0.3 is 12.0 Å². The normalized spacial score (nSPS) is 14.0. The lowest BCUT2D eigenvalue weighted by Gasteiger charge is -2.27. The van der Waals surface area contributed by atoms with Crippen LogP contribution in [0.15, 0.2) is 60.7 Å². The van der Waals surface area contributed by atoms with Crippen molar-refractivity contribution in [2.45, 2.75) is 70.6 Å². The number of aliphatic hydroxyl groups is 1. The number of carbonyl (C=O) groups is 4. The minimum atomic E-state index is -1.20. The SMILES string of the molecule is CCCC(NC(=O)NC(Cc1ccccc1)C(=O)O)C(=O)NC(C(=O)NC(CO)Cc1ccccc1)C(C)C. The summed E-state index contributed by atoms with van der Waals surface area (Å²) < 4.78 is 0. The van der Waals surface area contributed by atoms with Crippen LogP contribution in [-0.4, -0.2) is 64.8 Å². The van der Waals surface area contributed by atoms with Crippen LogP contribution in [0.1, 0.15) is 44.7 Å². The van der Waals surface area contributed by atoms with Gasteiger partial charge in [0.05, 0.1) is 12.6 Å². The van der Waals surface area contributed by atoms with Crippen LogP contribution in [0.3, 0.4) is 0 Å². The Bertz CT molecular complexity index is 1060. The van der Waals surface area contributed by atoms with E-state index in [1.54, 1.807) is 38.1 Å². The van der Waals surface area contributed by atoms with Gasteiger partial charge in [0.2, 0.25) is 11.8 Å². The number of benzene rings is 2. The van der Waals surface area contributed by atoms with Crippen LogP contribution in [0.25, 0.3) is 0 Å². The molecule has 0 aliphatic heterocycles. The molecule has 10 heteroatoms. The van der Waals surface area contributed by atoms with E-state index in [2.05, 4.69) is 21.3 Å². The average molecular weight is 541 g/mol. The van der Waals surface area contributed by atoms with Crippen LogP contribution < -0.4 is 21.3 Å². The van der Waals surface area contributed by atoms with Crippen LogP contribution in [-0.2, 0) is 27.2 Å². The van der Waals surface area contributed by atoms with Crippen molar-refractivity contribution in [3.8, 4) is 0 Å². The fourth-order valence-electron chi connectivity index (χ4n) is 4.11. The first-order valence-electron chi connectivity index (χ1n) is 13.2. The molecule has 0 saturated heterocycles. The standard InChI is InChI=1S/C29H40N4O6/c1-4-11-23(31-29(39)32-24(28(37)38)17-21-14-9-6-10-15-21)26(35)33-25(19(2)3)27(36)30-22(18-34)16-20-12-7-5-8-13-20/h5-10,12-15,19,22-25,34H,4,11,16-18H2,1-3H3,(H,30,36)(H,33,35)(H,37,38)(H2,31,32,39). The molecule has 2 aromatic carbocycles. The molecule has 0 spiro atoms. The van der Waals surface area contributed by atoms with Crippen LogP contribution in [0.5, 0.6) is 0 Å². The van der Waals surface area contributed by atoms with E-state index < -0.39 is 48.0 Å². The van der Waals surface area contributed by atoms with Crippen molar-refractivity contribution < 1.29 is 29.4 Å². The van der Waals surface area contributed by atoms with Crippen LogP contribution >= 0.6 is 0 Å². The molecular weight excluding hydrogens is 500 g/mol. The third-order valence-corrected chi connectivity index (χ3v) is 6.22. The van der Waals surface area contributed by atoms with Gasteiger partial charge in [-0.3, -0.25) is 9.59 Å². The van der Waals surface area contributed by atoms with Crippen molar-refractivity contribution in [1.29, 1.82) is 0 Å². The van der Waals surface area contributed by atoms with Crippen molar-refractivity contribution in [3.63, 3.8) is 0 Å². The van der Waals surface area contributed by atoms with Gasteiger partial charge in [0, 0.05) is 6.42 Å². The van der Waals surface area contributed by atoms with Crippen molar-refractivity contribution in [1.82, 2.24) is 21.3 Å². The second-order valence-corrected chi connectivity index (χ2v) is 9.85. The molecule has 0 aromatic heterocycles. The molecule has 39 heavy (non-hydrogen) atoms. The largest absolute Gasteiger partial charge is 0.480 e. The highest BCUT2D eigenvalue weighted by Crippen LogP contribution is 2.08. The van der Waals surface area contributed by atoms with E-state index in [1.807, 2.05) is 43.3 Å². The maximum atomic E-state index is 13.1. The molecule has 0 fully saturated rings. The molecule has 0 saturated carbocycles. The molecule has 212 valence electrons. The highest BCUT2D eigenvalue weighted by molar-refractivity contribution is 5.92. The van der Waals surface area contributed by atoms with Gasteiger partial charge in [0.15, 0.2) is 0 Å². The predicted octanol–water partition coefficient (Wildman–Crippen LogP) is 2.01. The molecule has 4 atom stereocenters. The lowest BCUT2D eigenvalue weighted by atomic mass is 10.0. The number of hydrogen-bond donors (Lipinski definition) is 6. The summed E-state index contributed by atoms with van der Waals surface area (Å²) in [5.41, 5.74) is 1.69. The Morgan fingerprint density at radius 1 is 0.744 bits per heavy atom. The molecule has 4 unspecified atom stereocenters. The van der Waals surface area contributed by atoms with Crippen molar-refractivity contribution in [2.24, 2.45) is 5.92 Å². The highest BCUT2D eigenvalue weighted by Gasteiger charge is 2.30. The summed E-state index contributed by atoms with van der Waals surface area (Å²) in [6.07, 6.45) is 1.36. The maximum absolute atomic E-state index is 13.1. The number of nitrogens with one attached hydrogen (secondary N) is 4. The van der Waals surface area contributed by atoms with Gasteiger partial charge in [-0.2, -0.15) is 0 Å². The number of aliphatic hydroxyl groups excluding tert-OH is 1. The van der Waals surface area contributed by atoms with Gasteiger partial charge in [-0.25, -0.2) is 9.59 Å². The number of carbonyl (C=O) groups excluding carboxylic acids is 3. The van der Waals surface area contributed by atoms with Crippen LogP contribution in [0.4, 0.5) is 4.79 Å². The number of aliphatic carboxylic acids is 1. The van der Waals surface area contributed by atoms with Crippen LogP contribution in [0, 0.1) is 5.92 Å². The van der Waals surface area contributed by atoms with Gasteiger partial charge in [-0.05, 0) is 29.9 Å². The van der Waals surface area contributed by atoms with E-state index in [0.717, 1.165) is 11.1 Å².